The topological polar surface area (TPSA) is 80.9 Å². The Labute approximate surface area is 128 Å². The molecule has 1 heterocycles. The van der Waals surface area contributed by atoms with E-state index in [0.717, 1.165) is 22.7 Å². The smallest absolute Gasteiger partial charge is 0.226 e. The molecule has 0 atom stereocenters. The summed E-state index contributed by atoms with van der Waals surface area (Å²) in [5, 5.41) is 12.4. The van der Waals surface area contributed by atoms with E-state index in [1.165, 1.54) is 11.3 Å². The van der Waals surface area contributed by atoms with Gasteiger partial charge in [-0.3, -0.25) is 4.79 Å². The first kappa shape index (κ1) is 15.4. The number of hydrogen-bond donors (Lipinski definition) is 2. The van der Waals surface area contributed by atoms with Crippen LogP contribution in [0.2, 0.25) is 0 Å². The number of aromatic nitrogens is 2. The third-order valence-electron chi connectivity index (χ3n) is 2.89. The molecule has 2 rings (SSSR count). The second-order valence-corrected chi connectivity index (χ2v) is 6.45. The molecule has 0 aliphatic rings. The van der Waals surface area contributed by atoms with Gasteiger partial charge in [-0.15, -0.1) is 10.2 Å². The number of rotatable bonds is 6. The van der Waals surface area contributed by atoms with Crippen molar-refractivity contribution in [3.05, 3.63) is 34.8 Å². The quantitative estimate of drug-likeness (QED) is 0.804. The lowest BCUT2D eigenvalue weighted by Gasteiger charge is -2.03. The van der Waals surface area contributed by atoms with Crippen LogP contribution in [0.15, 0.2) is 24.3 Å². The van der Waals surface area contributed by atoms with Gasteiger partial charge in [0.05, 0.1) is 0 Å². The van der Waals surface area contributed by atoms with Gasteiger partial charge in [-0.1, -0.05) is 37.3 Å². The van der Waals surface area contributed by atoms with Crippen LogP contribution in [-0.2, 0) is 17.6 Å². The molecule has 0 bridgehead atoms. The third kappa shape index (κ3) is 5.15. The SMILES string of the molecule is CC(C)Cc1nnc(NC(=O)CCc2cccc(N)c2)s1. The number of nitrogens with two attached hydrogens (primary N) is 1. The van der Waals surface area contributed by atoms with E-state index in [0.29, 0.717) is 23.9 Å². The average molecular weight is 304 g/mol. The first-order valence-electron chi connectivity index (χ1n) is 6.99. The normalized spacial score (nSPS) is 10.8. The molecular weight excluding hydrogens is 284 g/mol. The predicted molar refractivity (Wildman–Crippen MR) is 86.3 cm³/mol. The van der Waals surface area contributed by atoms with E-state index in [9.17, 15) is 4.79 Å². The number of nitrogens with zero attached hydrogens (tertiary/aromatic N) is 2. The summed E-state index contributed by atoms with van der Waals surface area (Å²) >= 11 is 1.44. The second-order valence-electron chi connectivity index (χ2n) is 5.39. The molecule has 1 aromatic heterocycles. The van der Waals surface area contributed by atoms with Crippen LogP contribution in [0.3, 0.4) is 0 Å². The zero-order chi connectivity index (χ0) is 15.2. The molecule has 5 nitrogen and oxygen atoms in total. The summed E-state index contributed by atoms with van der Waals surface area (Å²) in [5.41, 5.74) is 7.49. The molecule has 0 aliphatic heterocycles. The lowest BCUT2D eigenvalue weighted by molar-refractivity contribution is -0.116. The maximum absolute atomic E-state index is 11.9. The first-order valence-corrected chi connectivity index (χ1v) is 7.81. The summed E-state index contributed by atoms with van der Waals surface area (Å²) in [6.45, 7) is 4.26. The maximum Gasteiger partial charge on any atom is 0.226 e. The highest BCUT2D eigenvalue weighted by atomic mass is 32.1. The van der Waals surface area contributed by atoms with Gasteiger partial charge in [-0.25, -0.2) is 0 Å². The van der Waals surface area contributed by atoms with Crippen LogP contribution in [0.5, 0.6) is 0 Å². The van der Waals surface area contributed by atoms with Crippen molar-refractivity contribution in [1.29, 1.82) is 0 Å². The largest absolute Gasteiger partial charge is 0.399 e. The van der Waals surface area contributed by atoms with Gasteiger partial charge in [0.15, 0.2) is 0 Å². The zero-order valence-corrected chi connectivity index (χ0v) is 13.1. The van der Waals surface area contributed by atoms with Gasteiger partial charge in [0.2, 0.25) is 11.0 Å². The molecule has 112 valence electrons. The monoisotopic (exact) mass is 304 g/mol. The van der Waals surface area contributed by atoms with E-state index in [1.807, 2.05) is 24.3 Å². The molecule has 0 spiro atoms. The van der Waals surface area contributed by atoms with Crippen LogP contribution >= 0.6 is 11.3 Å². The van der Waals surface area contributed by atoms with Crippen LogP contribution < -0.4 is 11.1 Å². The number of amides is 1. The van der Waals surface area contributed by atoms with E-state index < -0.39 is 0 Å². The first-order chi connectivity index (χ1) is 10.0. The molecule has 6 heteroatoms. The number of carbonyl (C=O) groups is 1. The fourth-order valence-electron chi connectivity index (χ4n) is 1.92. The van der Waals surface area contributed by atoms with Gasteiger partial charge in [-0.05, 0) is 30.0 Å². The maximum atomic E-state index is 11.9. The summed E-state index contributed by atoms with van der Waals surface area (Å²) in [6.07, 6.45) is 1.95. The number of carbonyl (C=O) groups excluding carboxylic acids is 1. The standard InChI is InChI=1S/C15H20N4OS/c1-10(2)8-14-18-19-15(21-14)17-13(20)7-6-11-4-3-5-12(16)9-11/h3-5,9-10H,6-8,16H2,1-2H3,(H,17,19,20). The lowest BCUT2D eigenvalue weighted by Crippen LogP contribution is -2.12. The Morgan fingerprint density at radius 1 is 1.38 bits per heavy atom. The molecule has 0 saturated heterocycles. The van der Waals surface area contributed by atoms with E-state index in [4.69, 9.17) is 5.73 Å². The minimum atomic E-state index is -0.0512. The van der Waals surface area contributed by atoms with Gasteiger partial charge in [-0.2, -0.15) is 0 Å². The summed E-state index contributed by atoms with van der Waals surface area (Å²) in [5.74, 6) is 0.481. The molecule has 1 aromatic carbocycles. The van der Waals surface area contributed by atoms with Crippen LogP contribution in [0.25, 0.3) is 0 Å². The Kier molecular flexibility index (Phi) is 5.27. The second kappa shape index (κ2) is 7.17. The van der Waals surface area contributed by atoms with Gasteiger partial charge in [0.1, 0.15) is 5.01 Å². The minimum absolute atomic E-state index is 0.0512. The van der Waals surface area contributed by atoms with Crippen molar-refractivity contribution < 1.29 is 4.79 Å². The number of anilines is 2. The highest BCUT2D eigenvalue weighted by Gasteiger charge is 2.09. The number of aryl methyl sites for hydroxylation is 1. The Balaban J connectivity index is 1.83. The molecule has 0 saturated carbocycles. The Hall–Kier alpha value is -1.95. The summed E-state index contributed by atoms with van der Waals surface area (Å²) in [7, 11) is 0. The fraction of sp³-hybridized carbons (Fsp3) is 0.400. The van der Waals surface area contributed by atoms with Gasteiger partial charge < -0.3 is 11.1 Å². The molecule has 0 fully saturated rings. The Morgan fingerprint density at radius 2 is 2.19 bits per heavy atom. The van der Waals surface area contributed by atoms with Gasteiger partial charge >= 0.3 is 0 Å². The molecule has 0 aliphatic carbocycles. The molecular formula is C15H20N4OS. The molecule has 0 radical (unpaired) electrons. The molecule has 0 unspecified atom stereocenters. The summed E-state index contributed by atoms with van der Waals surface area (Å²) in [6, 6.07) is 7.58. The van der Waals surface area contributed by atoms with Crippen LogP contribution in [0.1, 0.15) is 30.8 Å². The number of benzene rings is 1. The van der Waals surface area contributed by atoms with Crippen LogP contribution in [0.4, 0.5) is 10.8 Å². The van der Waals surface area contributed by atoms with E-state index >= 15 is 0 Å². The average Bonchev–Trinajstić information content (AvgIpc) is 2.83. The van der Waals surface area contributed by atoms with Crippen molar-refractivity contribution >= 4 is 28.1 Å². The van der Waals surface area contributed by atoms with Crippen molar-refractivity contribution in [2.24, 2.45) is 5.92 Å². The molecule has 2 aromatic rings. The predicted octanol–water partition coefficient (Wildman–Crippen LogP) is 2.89. The third-order valence-corrected chi connectivity index (χ3v) is 3.75. The zero-order valence-electron chi connectivity index (χ0n) is 12.3. The van der Waals surface area contributed by atoms with Crippen molar-refractivity contribution in [2.75, 3.05) is 11.1 Å². The van der Waals surface area contributed by atoms with Crippen LogP contribution in [-0.4, -0.2) is 16.1 Å². The highest BCUT2D eigenvalue weighted by Crippen LogP contribution is 2.18. The molecule has 3 N–H and O–H groups in total. The number of nitrogens with one attached hydrogen (secondary N) is 1. The van der Waals surface area contributed by atoms with E-state index in [1.54, 1.807) is 0 Å². The van der Waals surface area contributed by atoms with E-state index in [2.05, 4.69) is 29.4 Å². The van der Waals surface area contributed by atoms with E-state index in [-0.39, 0.29) is 5.91 Å². The fourth-order valence-corrected chi connectivity index (χ4v) is 2.89. The van der Waals surface area contributed by atoms with Crippen molar-refractivity contribution in [3.63, 3.8) is 0 Å². The number of hydrogen-bond acceptors (Lipinski definition) is 5. The lowest BCUT2D eigenvalue weighted by atomic mass is 10.1. The Morgan fingerprint density at radius 3 is 2.90 bits per heavy atom. The van der Waals surface area contributed by atoms with Crippen molar-refractivity contribution in [1.82, 2.24) is 10.2 Å². The van der Waals surface area contributed by atoms with Crippen LogP contribution in [0, 0.1) is 5.92 Å². The summed E-state index contributed by atoms with van der Waals surface area (Å²) < 4.78 is 0. The van der Waals surface area contributed by atoms with Gasteiger partial charge in [0, 0.05) is 18.5 Å². The molecule has 1 amide bonds. The number of nitrogen functional groups attached to an aromatic ring is 1. The highest BCUT2D eigenvalue weighted by molar-refractivity contribution is 7.15. The summed E-state index contributed by atoms with van der Waals surface area (Å²) in [4.78, 5) is 11.9. The molecule has 21 heavy (non-hydrogen) atoms. The van der Waals surface area contributed by atoms with Crippen molar-refractivity contribution in [2.45, 2.75) is 33.1 Å². The van der Waals surface area contributed by atoms with Gasteiger partial charge in [0.25, 0.3) is 0 Å². The Bertz CT molecular complexity index is 609. The van der Waals surface area contributed by atoms with Crippen molar-refractivity contribution in [3.8, 4) is 0 Å². The minimum Gasteiger partial charge on any atom is -0.399 e.